The van der Waals surface area contributed by atoms with Crippen LogP contribution in [0.4, 0.5) is 5.69 Å². The molecule has 0 aromatic heterocycles. The van der Waals surface area contributed by atoms with Crippen LogP contribution in [-0.4, -0.2) is 50.1 Å². The number of nitrogens with zero attached hydrogens (tertiary/aromatic N) is 2. The normalized spacial score (nSPS) is 20.3. The third-order valence-corrected chi connectivity index (χ3v) is 6.54. The van der Waals surface area contributed by atoms with Crippen molar-refractivity contribution in [3.63, 3.8) is 0 Å². The first-order valence-corrected chi connectivity index (χ1v) is 11.0. The molecule has 0 spiro atoms. The predicted octanol–water partition coefficient (Wildman–Crippen LogP) is 3.68. The number of amides is 2. The fraction of sp³-hybridized carbons (Fsp3) is 0.440. The molecule has 2 saturated heterocycles. The van der Waals surface area contributed by atoms with E-state index in [0.29, 0.717) is 17.4 Å². The number of piperidine rings is 1. The number of rotatable bonds is 7. The highest BCUT2D eigenvalue weighted by molar-refractivity contribution is 6.22. The zero-order valence-corrected chi connectivity index (χ0v) is 18.3. The second-order valence-corrected chi connectivity index (χ2v) is 8.35. The molecule has 2 amide bonds. The third kappa shape index (κ3) is 4.74. The van der Waals surface area contributed by atoms with Gasteiger partial charge in [0.25, 0.3) is 5.91 Å². The lowest BCUT2D eigenvalue weighted by molar-refractivity contribution is -0.123. The van der Waals surface area contributed by atoms with Crippen molar-refractivity contribution < 1.29 is 19.1 Å². The monoisotopic (exact) mass is 422 g/mol. The van der Waals surface area contributed by atoms with Crippen molar-refractivity contribution in [3.8, 4) is 11.5 Å². The molecule has 0 aliphatic carbocycles. The Morgan fingerprint density at radius 2 is 1.45 bits per heavy atom. The summed E-state index contributed by atoms with van der Waals surface area (Å²) < 4.78 is 10.4. The maximum Gasteiger partial charge on any atom is 0.251 e. The van der Waals surface area contributed by atoms with E-state index in [0.717, 1.165) is 44.5 Å². The standard InChI is InChI=1S/C25H30N2O4/c1-30-21-9-5-18(6-10-21)3-4-19-13-15-26(16-14-19)23-17-24(28)27(25(23)29)20-7-11-22(31-2)12-8-20/h5-12,19,23H,3-4,13-17H2,1-2H3/t23-/m0/s1. The van der Waals surface area contributed by atoms with Gasteiger partial charge in [-0.2, -0.15) is 0 Å². The van der Waals surface area contributed by atoms with Gasteiger partial charge in [-0.1, -0.05) is 12.1 Å². The highest BCUT2D eigenvalue weighted by Crippen LogP contribution is 2.30. The second kappa shape index (κ2) is 9.52. The van der Waals surface area contributed by atoms with E-state index in [1.54, 1.807) is 38.5 Å². The van der Waals surface area contributed by atoms with E-state index in [4.69, 9.17) is 9.47 Å². The van der Waals surface area contributed by atoms with Crippen molar-refractivity contribution in [3.05, 3.63) is 54.1 Å². The van der Waals surface area contributed by atoms with Crippen molar-refractivity contribution in [2.24, 2.45) is 5.92 Å². The molecule has 2 aromatic carbocycles. The molecule has 164 valence electrons. The highest BCUT2D eigenvalue weighted by atomic mass is 16.5. The van der Waals surface area contributed by atoms with Gasteiger partial charge in [-0.05, 0) is 86.7 Å². The van der Waals surface area contributed by atoms with E-state index in [2.05, 4.69) is 17.0 Å². The number of carbonyl (C=O) groups is 2. The van der Waals surface area contributed by atoms with Crippen LogP contribution in [0.5, 0.6) is 11.5 Å². The maximum atomic E-state index is 13.0. The molecule has 2 fully saturated rings. The largest absolute Gasteiger partial charge is 0.497 e. The second-order valence-electron chi connectivity index (χ2n) is 8.35. The number of methoxy groups -OCH3 is 2. The number of benzene rings is 2. The topological polar surface area (TPSA) is 59.1 Å². The van der Waals surface area contributed by atoms with Gasteiger partial charge < -0.3 is 9.47 Å². The van der Waals surface area contributed by atoms with Crippen LogP contribution in [0.2, 0.25) is 0 Å². The van der Waals surface area contributed by atoms with Gasteiger partial charge in [-0.15, -0.1) is 0 Å². The van der Waals surface area contributed by atoms with Crippen molar-refractivity contribution in [2.75, 3.05) is 32.2 Å². The summed E-state index contributed by atoms with van der Waals surface area (Å²) in [6.07, 6.45) is 4.60. The van der Waals surface area contributed by atoms with Crippen LogP contribution in [0, 0.1) is 5.92 Å². The average Bonchev–Trinajstić information content (AvgIpc) is 3.12. The average molecular weight is 423 g/mol. The Morgan fingerprint density at radius 3 is 2.03 bits per heavy atom. The van der Waals surface area contributed by atoms with Crippen LogP contribution in [0.25, 0.3) is 0 Å². The van der Waals surface area contributed by atoms with Crippen LogP contribution in [0.3, 0.4) is 0 Å². The minimum atomic E-state index is -0.336. The first-order chi connectivity index (χ1) is 15.1. The zero-order valence-electron chi connectivity index (χ0n) is 18.3. The summed E-state index contributed by atoms with van der Waals surface area (Å²) >= 11 is 0. The van der Waals surface area contributed by atoms with Gasteiger partial charge in [0.1, 0.15) is 11.5 Å². The molecule has 6 nitrogen and oxygen atoms in total. The Morgan fingerprint density at radius 1 is 0.871 bits per heavy atom. The molecule has 0 saturated carbocycles. The van der Waals surface area contributed by atoms with E-state index in [1.807, 2.05) is 12.1 Å². The zero-order chi connectivity index (χ0) is 21.8. The van der Waals surface area contributed by atoms with E-state index in [1.165, 1.54) is 10.5 Å². The van der Waals surface area contributed by atoms with Gasteiger partial charge in [0, 0.05) is 0 Å². The predicted molar refractivity (Wildman–Crippen MR) is 120 cm³/mol. The Hall–Kier alpha value is -2.86. The molecule has 0 bridgehead atoms. The Labute approximate surface area is 183 Å². The van der Waals surface area contributed by atoms with Crippen LogP contribution in [-0.2, 0) is 16.0 Å². The molecular weight excluding hydrogens is 392 g/mol. The molecule has 0 unspecified atom stereocenters. The molecule has 0 radical (unpaired) electrons. The summed E-state index contributed by atoms with van der Waals surface area (Å²) in [5.41, 5.74) is 1.95. The van der Waals surface area contributed by atoms with Crippen LogP contribution >= 0.6 is 0 Å². The lowest BCUT2D eigenvalue weighted by atomic mass is 9.90. The van der Waals surface area contributed by atoms with Crippen molar-refractivity contribution in [1.82, 2.24) is 4.90 Å². The molecule has 2 aromatic rings. The third-order valence-electron chi connectivity index (χ3n) is 6.54. The van der Waals surface area contributed by atoms with Crippen LogP contribution in [0.1, 0.15) is 31.2 Å². The molecule has 2 heterocycles. The quantitative estimate of drug-likeness (QED) is 0.637. The number of likely N-dealkylation sites (tertiary alicyclic amines) is 1. The van der Waals surface area contributed by atoms with Crippen LogP contribution in [0.15, 0.2) is 48.5 Å². The van der Waals surface area contributed by atoms with Gasteiger partial charge in [-0.25, -0.2) is 4.90 Å². The summed E-state index contributed by atoms with van der Waals surface area (Å²) in [6.45, 7) is 1.74. The number of aryl methyl sites for hydroxylation is 1. The maximum absolute atomic E-state index is 13.0. The molecule has 4 rings (SSSR count). The summed E-state index contributed by atoms with van der Waals surface area (Å²) in [6, 6.07) is 15.0. The number of hydrogen-bond donors (Lipinski definition) is 0. The Balaban J connectivity index is 1.30. The molecule has 2 aliphatic rings. The molecule has 31 heavy (non-hydrogen) atoms. The van der Waals surface area contributed by atoms with Crippen molar-refractivity contribution >= 4 is 17.5 Å². The number of anilines is 1. The van der Waals surface area contributed by atoms with Crippen LogP contribution < -0.4 is 14.4 Å². The summed E-state index contributed by atoms with van der Waals surface area (Å²) in [5.74, 6) is 2.02. The summed E-state index contributed by atoms with van der Waals surface area (Å²) in [7, 11) is 3.28. The lowest BCUT2D eigenvalue weighted by Crippen LogP contribution is -2.46. The number of hydrogen-bond acceptors (Lipinski definition) is 5. The van der Waals surface area contributed by atoms with E-state index < -0.39 is 0 Å². The fourth-order valence-electron chi connectivity index (χ4n) is 4.62. The Bertz CT molecular complexity index is 902. The van der Waals surface area contributed by atoms with Crippen molar-refractivity contribution in [1.29, 1.82) is 0 Å². The number of ether oxygens (including phenoxy) is 2. The van der Waals surface area contributed by atoms with E-state index >= 15 is 0 Å². The minimum Gasteiger partial charge on any atom is -0.497 e. The van der Waals surface area contributed by atoms with Gasteiger partial charge in [0.2, 0.25) is 5.91 Å². The molecule has 0 N–H and O–H groups in total. The SMILES string of the molecule is COc1ccc(CCC2CCN([C@H]3CC(=O)N(c4ccc(OC)cc4)C3=O)CC2)cc1. The van der Waals surface area contributed by atoms with Gasteiger partial charge in [0.15, 0.2) is 0 Å². The molecule has 2 aliphatic heterocycles. The van der Waals surface area contributed by atoms with E-state index in [9.17, 15) is 9.59 Å². The van der Waals surface area contributed by atoms with E-state index in [-0.39, 0.29) is 24.3 Å². The summed E-state index contributed by atoms with van der Waals surface area (Å²) in [4.78, 5) is 29.2. The summed E-state index contributed by atoms with van der Waals surface area (Å²) in [5, 5.41) is 0. The molecule has 1 atom stereocenters. The van der Waals surface area contributed by atoms with Crippen molar-refractivity contribution in [2.45, 2.75) is 38.1 Å². The van der Waals surface area contributed by atoms with Gasteiger partial charge in [0.05, 0.1) is 32.4 Å². The fourth-order valence-corrected chi connectivity index (χ4v) is 4.62. The smallest absolute Gasteiger partial charge is 0.251 e. The molecular formula is C25H30N2O4. The molecule has 6 heteroatoms. The number of imide groups is 1. The Kier molecular flexibility index (Phi) is 6.56. The highest BCUT2D eigenvalue weighted by Gasteiger charge is 2.43. The number of carbonyl (C=O) groups excluding carboxylic acids is 2. The lowest BCUT2D eigenvalue weighted by Gasteiger charge is -2.34. The minimum absolute atomic E-state index is 0.105. The van der Waals surface area contributed by atoms with Gasteiger partial charge in [-0.3, -0.25) is 14.5 Å². The first-order valence-electron chi connectivity index (χ1n) is 11.0. The first kappa shape index (κ1) is 21.4. The van der Waals surface area contributed by atoms with Gasteiger partial charge >= 0.3 is 0 Å².